The Morgan fingerprint density at radius 1 is 0.473 bits per heavy atom. The number of aliphatic imine (C=N–C) groups is 4. The Labute approximate surface area is 505 Å². The number of benzene rings is 4. The van der Waals surface area contributed by atoms with Crippen LogP contribution in [0, 0.1) is 108 Å². The van der Waals surface area contributed by atoms with Gasteiger partial charge in [-0.05, 0) is 71.7 Å². The van der Waals surface area contributed by atoms with Gasteiger partial charge < -0.3 is 110 Å². The Hall–Kier alpha value is -5.62. The summed E-state index contributed by atoms with van der Waals surface area (Å²) in [6, 6.07) is 20.3. The van der Waals surface area contributed by atoms with Crippen LogP contribution in [0.3, 0.4) is 0 Å². The van der Waals surface area contributed by atoms with E-state index < -0.39 is 22.5 Å². The van der Waals surface area contributed by atoms with E-state index in [0.29, 0.717) is 84.3 Å². The topological polar surface area (TPSA) is 478 Å². The van der Waals surface area contributed by atoms with Gasteiger partial charge >= 0.3 is 71.6 Å². The molecular formula is C42H48N6Ni2O22Tb2-2. The number of ether oxygens (including phenoxy) is 4. The SMILES string of the molecule is CO.CO.COc1cccc(C=NCCCN=Cc2cccc(OC)c2[O-])c1[O-].COc1cccc(C=NCCCN=Cc2cccc(OC)c2[O-])c1[O-].O=C([O-])[O-].O=C([O-])[O-].O=[N+]([O-])[O-].O=[N+]([O-])[O-].[Ni+2].[Ni+3].[Tb+3].[Tb]. The number of aliphatic hydroxyl groups is 2. The van der Waals surface area contributed by atoms with Gasteiger partial charge in [0.2, 0.25) is 0 Å². The Morgan fingerprint density at radius 3 is 0.757 bits per heavy atom. The summed E-state index contributed by atoms with van der Waals surface area (Å²) in [5.41, 5.74) is 1.98. The van der Waals surface area contributed by atoms with Crippen LogP contribution >= 0.6 is 0 Å². The van der Waals surface area contributed by atoms with Crippen molar-refractivity contribution in [3.8, 4) is 46.0 Å². The minimum absolute atomic E-state index is 0. The fourth-order valence-electron chi connectivity index (χ4n) is 4.34. The summed E-state index contributed by atoms with van der Waals surface area (Å²) in [7, 11) is 7.85. The zero-order valence-corrected chi connectivity index (χ0v) is 45.8. The zero-order valence-electron chi connectivity index (χ0n) is 39.5. The van der Waals surface area contributed by atoms with Crippen molar-refractivity contribution in [1.29, 1.82) is 0 Å². The molecule has 2 radical (unpaired) electrons. The van der Waals surface area contributed by atoms with E-state index >= 15 is 0 Å². The summed E-state index contributed by atoms with van der Waals surface area (Å²) in [4.78, 5) is 50.1. The summed E-state index contributed by atoms with van der Waals surface area (Å²) >= 11 is 0. The second kappa shape index (κ2) is 56.7. The molecule has 4 aromatic carbocycles. The molecule has 0 saturated carbocycles. The van der Waals surface area contributed by atoms with Crippen molar-refractivity contribution in [2.45, 2.75) is 12.8 Å². The maximum atomic E-state index is 11.9. The molecule has 0 aromatic heterocycles. The first-order valence-corrected chi connectivity index (χ1v) is 18.9. The maximum Gasteiger partial charge on any atom is 3.00 e. The molecule has 418 valence electrons. The normalized spacial score (nSPS) is 9.08. The first kappa shape index (κ1) is 85.2. The van der Waals surface area contributed by atoms with Gasteiger partial charge in [-0.1, -0.05) is 71.5 Å². The van der Waals surface area contributed by atoms with Crippen molar-refractivity contribution in [3.63, 3.8) is 0 Å². The first-order valence-electron chi connectivity index (χ1n) is 18.9. The predicted molar refractivity (Wildman–Crippen MR) is 237 cm³/mol. The van der Waals surface area contributed by atoms with Crippen molar-refractivity contribution in [2.24, 2.45) is 20.0 Å². The molecule has 0 unspecified atom stereocenters. The number of carboxylic acid groups (broad SMARTS) is 4. The number of para-hydroxylation sites is 4. The monoisotopic (exact) mass is 1420 g/mol. The van der Waals surface area contributed by atoms with Gasteiger partial charge in [0.1, 0.15) is 23.0 Å². The average Bonchev–Trinajstić information content (AvgIpc) is 3.31. The summed E-state index contributed by atoms with van der Waals surface area (Å²) in [6.07, 6.45) is 2.95. The molecule has 4 aromatic rings. The zero-order chi connectivity index (χ0) is 54.5. The third-order valence-electron chi connectivity index (χ3n) is 6.99. The van der Waals surface area contributed by atoms with E-state index in [0.717, 1.165) is 14.2 Å². The van der Waals surface area contributed by atoms with Gasteiger partial charge in [0.05, 0.1) is 38.6 Å². The molecule has 0 aliphatic rings. The molecule has 0 spiro atoms. The first-order chi connectivity index (χ1) is 33.3. The van der Waals surface area contributed by atoms with Crippen molar-refractivity contribution in [2.75, 3.05) is 68.8 Å². The number of hydrogen-bond donors (Lipinski definition) is 2. The molecule has 4 rings (SSSR count). The van der Waals surface area contributed by atoms with Crippen LogP contribution in [0.25, 0.3) is 0 Å². The molecule has 0 saturated heterocycles. The quantitative estimate of drug-likeness (QED) is 0.0382. The van der Waals surface area contributed by atoms with Crippen LogP contribution in [0.1, 0.15) is 35.1 Å². The van der Waals surface area contributed by atoms with Crippen molar-refractivity contribution in [3.05, 3.63) is 126 Å². The molecule has 74 heavy (non-hydrogen) atoms. The standard InChI is InChI=1S/2C19H22N2O4.2CH2O3.2CH4O.2NO3.2Ni.2Tb/c2*1-24-16-8-3-6-14(18(16)22)12-20-10-5-11-21-13-15-7-4-9-17(25-2)19(15)23;2*2-1(3)4;2*1-2;2*2-1(3)4;;;;/h2*3-4,6-9,12-13,22-23H,5,10-11H2,1-2H3;2*(H2,2,3,4);2*2H,1H3;;;;;;/q;;;;;;2*-1;+2;+3;;+3/p-8. The summed E-state index contributed by atoms with van der Waals surface area (Å²) in [5, 5.41) is 125. The average molecular weight is 1420 g/mol. The number of carbonyl (C=O) groups is 2. The van der Waals surface area contributed by atoms with E-state index in [9.17, 15) is 20.4 Å². The van der Waals surface area contributed by atoms with Gasteiger partial charge in [0.15, 0.2) is 0 Å². The van der Waals surface area contributed by atoms with Gasteiger partial charge in [-0.25, -0.2) is 0 Å². The van der Waals surface area contributed by atoms with Crippen LogP contribution in [-0.2, 0) is 33.0 Å². The van der Waals surface area contributed by atoms with Crippen molar-refractivity contribution in [1.82, 2.24) is 0 Å². The predicted octanol–water partition coefficient (Wildman–Crippen LogP) is -2.60. The van der Waals surface area contributed by atoms with Gasteiger partial charge in [-0.15, -0.1) is 0 Å². The number of carbonyl (C=O) groups excluding carboxylic acids is 2. The Morgan fingerprint density at radius 2 is 0.622 bits per heavy atom. The van der Waals surface area contributed by atoms with Crippen LogP contribution in [0.2, 0.25) is 0 Å². The molecule has 32 heteroatoms. The molecule has 28 nitrogen and oxygen atoms in total. The molecule has 0 atom stereocenters. The van der Waals surface area contributed by atoms with Gasteiger partial charge in [-0.2, -0.15) is 0 Å². The summed E-state index contributed by atoms with van der Waals surface area (Å²) in [5.74, 6) is 0.530. The molecule has 2 N–H and O–H groups in total. The molecule has 0 bridgehead atoms. The molecule has 0 heterocycles. The van der Waals surface area contributed by atoms with Crippen molar-refractivity contribution >= 4 is 37.2 Å². The fourth-order valence-corrected chi connectivity index (χ4v) is 4.34. The third-order valence-corrected chi connectivity index (χ3v) is 6.99. The molecule has 0 aliphatic heterocycles. The Bertz CT molecular complexity index is 1910. The maximum absolute atomic E-state index is 11.9. The van der Waals surface area contributed by atoms with Crippen molar-refractivity contribution < 1.29 is 200 Å². The number of rotatable bonds is 16. The van der Waals surface area contributed by atoms with Gasteiger partial charge in [-0.3, -0.25) is 20.0 Å². The molecule has 0 aliphatic carbocycles. The number of methoxy groups -OCH3 is 4. The molecule has 0 fully saturated rings. The van der Waals surface area contributed by atoms with E-state index in [1.165, 1.54) is 28.4 Å². The smallest absolute Gasteiger partial charge is 0.870 e. The van der Waals surface area contributed by atoms with Crippen LogP contribution in [0.15, 0.2) is 92.8 Å². The summed E-state index contributed by atoms with van der Waals surface area (Å²) < 4.78 is 19.9. The largest absolute Gasteiger partial charge is 3.00 e. The Balaban J connectivity index is -0.000000139. The second-order valence-corrected chi connectivity index (χ2v) is 11.3. The van der Waals surface area contributed by atoms with Crippen LogP contribution in [0.5, 0.6) is 46.0 Å². The third kappa shape index (κ3) is 46.2. The second-order valence-electron chi connectivity index (χ2n) is 11.3. The Kier molecular flexibility index (Phi) is 65.2. The van der Waals surface area contributed by atoms with Crippen LogP contribution in [0.4, 0.5) is 9.59 Å². The minimum Gasteiger partial charge on any atom is -0.870 e. The van der Waals surface area contributed by atoms with E-state index in [1.54, 1.807) is 97.7 Å². The van der Waals surface area contributed by atoms with Crippen LogP contribution in [-0.4, -0.2) is 126 Å². The number of hydrogen-bond acceptors (Lipinski definition) is 26. The van der Waals surface area contributed by atoms with Crippen LogP contribution < -0.4 is 59.8 Å². The van der Waals surface area contributed by atoms with E-state index in [1.807, 2.05) is 0 Å². The molecule has 0 amide bonds. The number of aliphatic hydroxyl groups excluding tert-OH is 2. The fraction of sp³-hybridized carbons (Fsp3) is 0.286. The molecular weight excluding hydrogens is 1380 g/mol. The van der Waals surface area contributed by atoms with Gasteiger partial charge in [0, 0.05) is 104 Å². The summed E-state index contributed by atoms with van der Waals surface area (Å²) in [6.45, 7) is 2.15. The van der Waals surface area contributed by atoms with Gasteiger partial charge in [0.25, 0.3) is 0 Å². The minimum atomic E-state index is -2.33. The number of nitrogens with zero attached hydrogens (tertiary/aromatic N) is 6. The van der Waals surface area contributed by atoms with E-state index in [2.05, 4.69) is 20.0 Å². The van der Waals surface area contributed by atoms with E-state index in [4.69, 9.17) is 89.8 Å². The van der Waals surface area contributed by atoms with E-state index in [-0.39, 0.29) is 133 Å².